The fourth-order valence-corrected chi connectivity index (χ4v) is 2.12. The van der Waals surface area contributed by atoms with Crippen molar-refractivity contribution in [3.63, 3.8) is 0 Å². The summed E-state index contributed by atoms with van der Waals surface area (Å²) in [6, 6.07) is 6.67. The van der Waals surface area contributed by atoms with Gasteiger partial charge in [0.05, 0.1) is 18.9 Å². The zero-order valence-corrected chi connectivity index (χ0v) is 15.4. The van der Waals surface area contributed by atoms with Gasteiger partial charge in [-0.3, -0.25) is 9.59 Å². The van der Waals surface area contributed by atoms with Gasteiger partial charge in [-0.05, 0) is 37.0 Å². The second kappa shape index (κ2) is 12.6. The van der Waals surface area contributed by atoms with Crippen LogP contribution in [0.4, 0.5) is 0 Å². The molecule has 1 aromatic carbocycles. The molecule has 0 spiro atoms. The van der Waals surface area contributed by atoms with E-state index >= 15 is 0 Å². The molecule has 0 aliphatic heterocycles. The average Bonchev–Trinajstić information content (AvgIpc) is 2.65. The van der Waals surface area contributed by atoms with Crippen LogP contribution in [-0.4, -0.2) is 37.7 Å². The molecule has 0 saturated heterocycles. The Hall–Kier alpha value is -2.70. The SMILES string of the molecule is CCCCNC(=O)CCCCC(=O)N/N=C/c1ccc(C(=O)OC)cc1. The Kier molecular flexibility index (Phi) is 10.4. The van der Waals surface area contributed by atoms with Crippen LogP contribution in [0.2, 0.25) is 0 Å². The van der Waals surface area contributed by atoms with Crippen LogP contribution in [0.25, 0.3) is 0 Å². The largest absolute Gasteiger partial charge is 0.465 e. The number of unbranched alkanes of at least 4 members (excludes halogenated alkanes) is 2. The number of carbonyl (C=O) groups excluding carboxylic acids is 3. The Bertz CT molecular complexity index is 612. The highest BCUT2D eigenvalue weighted by molar-refractivity contribution is 5.90. The van der Waals surface area contributed by atoms with Gasteiger partial charge >= 0.3 is 5.97 Å². The van der Waals surface area contributed by atoms with Crippen LogP contribution >= 0.6 is 0 Å². The predicted molar refractivity (Wildman–Crippen MR) is 99.9 cm³/mol. The summed E-state index contributed by atoms with van der Waals surface area (Å²) in [7, 11) is 1.33. The molecule has 0 radical (unpaired) electrons. The Morgan fingerprint density at radius 1 is 1.04 bits per heavy atom. The molecule has 0 fully saturated rings. The Morgan fingerprint density at radius 2 is 1.69 bits per heavy atom. The first-order valence-corrected chi connectivity index (χ1v) is 8.83. The van der Waals surface area contributed by atoms with Crippen molar-refractivity contribution in [1.29, 1.82) is 0 Å². The van der Waals surface area contributed by atoms with Crippen molar-refractivity contribution in [3.05, 3.63) is 35.4 Å². The molecule has 0 atom stereocenters. The van der Waals surface area contributed by atoms with Gasteiger partial charge in [-0.25, -0.2) is 10.2 Å². The first-order valence-electron chi connectivity index (χ1n) is 8.83. The molecule has 0 aromatic heterocycles. The number of nitrogens with one attached hydrogen (secondary N) is 2. The van der Waals surface area contributed by atoms with Crippen LogP contribution in [0.1, 0.15) is 61.4 Å². The van der Waals surface area contributed by atoms with Gasteiger partial charge in [0.25, 0.3) is 0 Å². The molecular weight excluding hydrogens is 334 g/mol. The van der Waals surface area contributed by atoms with Crippen LogP contribution in [0.5, 0.6) is 0 Å². The van der Waals surface area contributed by atoms with Gasteiger partial charge in [0.15, 0.2) is 0 Å². The molecule has 7 nitrogen and oxygen atoms in total. The minimum absolute atomic E-state index is 0.0345. The second-order valence-electron chi connectivity index (χ2n) is 5.82. The van der Waals surface area contributed by atoms with E-state index in [9.17, 15) is 14.4 Å². The predicted octanol–water partition coefficient (Wildman–Crippen LogP) is 2.40. The van der Waals surface area contributed by atoms with Crippen molar-refractivity contribution in [3.8, 4) is 0 Å². The topological polar surface area (TPSA) is 96.9 Å². The number of rotatable bonds is 11. The molecule has 2 amide bonds. The lowest BCUT2D eigenvalue weighted by atomic mass is 10.1. The molecule has 1 rings (SSSR count). The second-order valence-corrected chi connectivity index (χ2v) is 5.82. The number of hydrogen-bond acceptors (Lipinski definition) is 5. The molecule has 26 heavy (non-hydrogen) atoms. The number of hydrazone groups is 1. The molecule has 0 heterocycles. The third-order valence-electron chi connectivity index (χ3n) is 3.64. The first-order chi connectivity index (χ1) is 12.6. The highest BCUT2D eigenvalue weighted by Crippen LogP contribution is 2.04. The van der Waals surface area contributed by atoms with E-state index in [0.29, 0.717) is 37.8 Å². The van der Waals surface area contributed by atoms with Gasteiger partial charge in [0, 0.05) is 19.4 Å². The maximum Gasteiger partial charge on any atom is 0.337 e. The molecule has 0 unspecified atom stereocenters. The van der Waals surface area contributed by atoms with E-state index in [1.54, 1.807) is 24.3 Å². The molecule has 0 saturated carbocycles. The lowest BCUT2D eigenvalue weighted by molar-refractivity contribution is -0.123. The zero-order chi connectivity index (χ0) is 19.2. The molecule has 1 aromatic rings. The molecule has 2 N–H and O–H groups in total. The molecule has 142 valence electrons. The molecule has 0 bridgehead atoms. The molecule has 7 heteroatoms. The maximum atomic E-state index is 11.7. The lowest BCUT2D eigenvalue weighted by Gasteiger charge is -2.04. The average molecular weight is 361 g/mol. The number of esters is 1. The van der Waals surface area contributed by atoms with Gasteiger partial charge < -0.3 is 10.1 Å². The minimum atomic E-state index is -0.402. The van der Waals surface area contributed by atoms with Gasteiger partial charge in [0.2, 0.25) is 11.8 Å². The van der Waals surface area contributed by atoms with E-state index < -0.39 is 5.97 Å². The molecular formula is C19H27N3O4. The minimum Gasteiger partial charge on any atom is -0.465 e. The van der Waals surface area contributed by atoms with Crippen molar-refractivity contribution < 1.29 is 19.1 Å². The van der Waals surface area contributed by atoms with Gasteiger partial charge in [-0.1, -0.05) is 25.5 Å². The summed E-state index contributed by atoms with van der Waals surface area (Å²) in [6.45, 7) is 2.79. The summed E-state index contributed by atoms with van der Waals surface area (Å²) in [5.41, 5.74) is 3.65. The fraction of sp³-hybridized carbons (Fsp3) is 0.474. The number of carbonyl (C=O) groups is 3. The summed E-state index contributed by atoms with van der Waals surface area (Å²) in [6.07, 6.45) is 5.60. The Labute approximate surface area is 154 Å². The van der Waals surface area contributed by atoms with E-state index in [1.165, 1.54) is 13.3 Å². The Morgan fingerprint density at radius 3 is 2.31 bits per heavy atom. The van der Waals surface area contributed by atoms with E-state index in [2.05, 4.69) is 27.5 Å². The van der Waals surface area contributed by atoms with E-state index in [4.69, 9.17) is 0 Å². The summed E-state index contributed by atoms with van der Waals surface area (Å²) in [5, 5.41) is 6.73. The van der Waals surface area contributed by atoms with E-state index in [0.717, 1.165) is 18.4 Å². The van der Waals surface area contributed by atoms with E-state index in [-0.39, 0.29) is 11.8 Å². The molecule has 0 aliphatic carbocycles. The normalized spacial score (nSPS) is 10.5. The van der Waals surface area contributed by atoms with Crippen molar-refractivity contribution in [2.75, 3.05) is 13.7 Å². The smallest absolute Gasteiger partial charge is 0.337 e. The number of hydrogen-bond donors (Lipinski definition) is 2. The highest BCUT2D eigenvalue weighted by Gasteiger charge is 2.04. The number of benzene rings is 1. The zero-order valence-electron chi connectivity index (χ0n) is 15.4. The third-order valence-corrected chi connectivity index (χ3v) is 3.64. The summed E-state index contributed by atoms with van der Waals surface area (Å²) < 4.78 is 4.62. The Balaban J connectivity index is 2.20. The van der Waals surface area contributed by atoms with Crippen LogP contribution in [-0.2, 0) is 14.3 Å². The van der Waals surface area contributed by atoms with Crippen LogP contribution in [0, 0.1) is 0 Å². The van der Waals surface area contributed by atoms with Gasteiger partial charge in [0.1, 0.15) is 0 Å². The summed E-state index contributed by atoms with van der Waals surface area (Å²) >= 11 is 0. The van der Waals surface area contributed by atoms with Gasteiger partial charge in [-0.2, -0.15) is 5.10 Å². The number of methoxy groups -OCH3 is 1. The number of ether oxygens (including phenoxy) is 1. The van der Waals surface area contributed by atoms with Crippen molar-refractivity contribution >= 4 is 24.0 Å². The molecule has 0 aliphatic rings. The number of nitrogens with zero attached hydrogens (tertiary/aromatic N) is 1. The summed E-state index contributed by atoms with van der Waals surface area (Å²) in [5.74, 6) is -0.563. The van der Waals surface area contributed by atoms with Crippen LogP contribution in [0.3, 0.4) is 0 Å². The lowest BCUT2D eigenvalue weighted by Crippen LogP contribution is -2.24. The third kappa shape index (κ3) is 8.96. The highest BCUT2D eigenvalue weighted by atomic mass is 16.5. The number of amides is 2. The van der Waals surface area contributed by atoms with Crippen molar-refractivity contribution in [2.24, 2.45) is 5.10 Å². The first kappa shape index (κ1) is 21.3. The monoisotopic (exact) mass is 361 g/mol. The standard InChI is InChI=1S/C19H27N3O4/c1-3-4-13-20-17(23)7-5-6-8-18(24)22-21-14-15-9-11-16(12-10-15)19(25)26-2/h9-12,14H,3-8,13H2,1-2H3,(H,20,23)(H,22,24)/b21-14+. The van der Waals surface area contributed by atoms with Gasteiger partial charge in [-0.15, -0.1) is 0 Å². The maximum absolute atomic E-state index is 11.7. The van der Waals surface area contributed by atoms with Crippen LogP contribution < -0.4 is 10.7 Å². The van der Waals surface area contributed by atoms with Crippen molar-refractivity contribution in [1.82, 2.24) is 10.7 Å². The summed E-state index contributed by atoms with van der Waals surface area (Å²) in [4.78, 5) is 34.5. The van der Waals surface area contributed by atoms with E-state index in [1.807, 2.05) is 0 Å². The van der Waals surface area contributed by atoms with Crippen LogP contribution in [0.15, 0.2) is 29.4 Å². The quantitative estimate of drug-likeness (QED) is 0.274. The van der Waals surface area contributed by atoms with Crippen molar-refractivity contribution in [2.45, 2.75) is 45.4 Å². The fourth-order valence-electron chi connectivity index (χ4n) is 2.12.